The number of rotatable bonds is 4. The van der Waals surface area contributed by atoms with Gasteiger partial charge in [0.15, 0.2) is 5.82 Å². The highest BCUT2D eigenvalue weighted by Gasteiger charge is 2.22. The summed E-state index contributed by atoms with van der Waals surface area (Å²) in [6.45, 7) is 1.25. The molecule has 1 amide bonds. The molecule has 1 aromatic carbocycles. The minimum absolute atomic E-state index is 0.0323. The molecule has 130 valence electrons. The third-order valence-electron chi connectivity index (χ3n) is 4.52. The van der Waals surface area contributed by atoms with Gasteiger partial charge in [-0.3, -0.25) is 4.79 Å². The molecular weight excluding hydrogens is 338 g/mol. The maximum atomic E-state index is 12.6. The van der Waals surface area contributed by atoms with Gasteiger partial charge in [-0.05, 0) is 31.0 Å². The van der Waals surface area contributed by atoms with E-state index in [0.717, 1.165) is 47.7 Å². The number of thiazole rings is 1. The lowest BCUT2D eigenvalue weighted by atomic mass is 10.1. The summed E-state index contributed by atoms with van der Waals surface area (Å²) in [5.74, 6) is 1.78. The van der Waals surface area contributed by atoms with Crippen LogP contribution in [0.4, 0.5) is 0 Å². The smallest absolute Gasteiger partial charge is 0.251 e. The van der Waals surface area contributed by atoms with E-state index < -0.39 is 0 Å². The number of nitrogens with one attached hydrogen (secondary N) is 1. The van der Waals surface area contributed by atoms with E-state index in [1.807, 2.05) is 18.2 Å². The van der Waals surface area contributed by atoms with E-state index in [-0.39, 0.29) is 11.9 Å². The Balaban J connectivity index is 1.44. The van der Waals surface area contributed by atoms with E-state index >= 15 is 0 Å². The van der Waals surface area contributed by atoms with E-state index in [2.05, 4.69) is 25.1 Å². The average Bonchev–Trinajstić information content (AvgIpc) is 3.18. The Bertz CT molecular complexity index is 903. The third kappa shape index (κ3) is 3.27. The van der Waals surface area contributed by atoms with Gasteiger partial charge in [-0.15, -0.1) is 21.5 Å². The molecule has 1 aliphatic rings. The molecule has 0 saturated heterocycles. The summed E-state index contributed by atoms with van der Waals surface area (Å²) in [6, 6.07) is 5.76. The zero-order valence-electron chi connectivity index (χ0n) is 13.9. The number of hydrogen-bond acceptors (Lipinski definition) is 6. The van der Waals surface area contributed by atoms with Crippen LogP contribution in [0.15, 0.2) is 23.7 Å². The van der Waals surface area contributed by atoms with Crippen LogP contribution in [0.1, 0.15) is 34.8 Å². The van der Waals surface area contributed by atoms with Crippen LogP contribution >= 0.6 is 11.3 Å². The monoisotopic (exact) mass is 357 g/mol. The normalized spacial score (nSPS) is 17.2. The average molecular weight is 357 g/mol. The van der Waals surface area contributed by atoms with Gasteiger partial charge < -0.3 is 14.6 Å². The highest BCUT2D eigenvalue weighted by molar-refractivity contribution is 7.16. The molecular formula is C17H19N5O2S. The first kappa shape index (κ1) is 16.2. The topological polar surface area (TPSA) is 81.9 Å². The number of aromatic nitrogens is 4. The van der Waals surface area contributed by atoms with Crippen molar-refractivity contribution in [1.82, 2.24) is 25.1 Å². The van der Waals surface area contributed by atoms with Crippen LogP contribution in [0.25, 0.3) is 10.2 Å². The molecule has 4 rings (SSSR count). The largest absolute Gasteiger partial charge is 0.377 e. The standard InChI is InChI=1S/C17H19N5O2S/c1-24-9-16-21-20-15-5-3-12(6-7-22(15)16)19-17(23)11-2-4-13-14(8-11)25-10-18-13/h2,4,8,10,12H,3,5-7,9H2,1H3,(H,19,23). The van der Waals surface area contributed by atoms with Gasteiger partial charge in [-0.1, -0.05) is 0 Å². The molecule has 0 spiro atoms. The van der Waals surface area contributed by atoms with Crippen LogP contribution in [0.5, 0.6) is 0 Å². The highest BCUT2D eigenvalue weighted by Crippen LogP contribution is 2.20. The third-order valence-corrected chi connectivity index (χ3v) is 5.32. The van der Waals surface area contributed by atoms with Gasteiger partial charge in [0.25, 0.3) is 5.91 Å². The van der Waals surface area contributed by atoms with Crippen molar-refractivity contribution >= 4 is 27.5 Å². The Morgan fingerprint density at radius 1 is 1.40 bits per heavy atom. The molecule has 1 N–H and O–H groups in total. The van der Waals surface area contributed by atoms with Crippen LogP contribution < -0.4 is 5.32 Å². The maximum absolute atomic E-state index is 12.6. The van der Waals surface area contributed by atoms with Crippen molar-refractivity contribution in [2.45, 2.75) is 38.5 Å². The number of benzene rings is 1. The maximum Gasteiger partial charge on any atom is 0.251 e. The number of aryl methyl sites for hydroxylation is 1. The molecule has 1 atom stereocenters. The van der Waals surface area contributed by atoms with Crippen molar-refractivity contribution in [3.05, 3.63) is 40.9 Å². The van der Waals surface area contributed by atoms with E-state index in [1.54, 1.807) is 24.0 Å². The number of amides is 1. The first-order valence-electron chi connectivity index (χ1n) is 8.28. The Labute approximate surface area is 149 Å². The van der Waals surface area contributed by atoms with Gasteiger partial charge in [0.2, 0.25) is 0 Å². The van der Waals surface area contributed by atoms with Crippen LogP contribution in [-0.4, -0.2) is 38.8 Å². The zero-order valence-corrected chi connectivity index (χ0v) is 14.8. The number of hydrogen-bond donors (Lipinski definition) is 1. The van der Waals surface area contributed by atoms with Crippen LogP contribution in [0, 0.1) is 0 Å². The highest BCUT2D eigenvalue weighted by atomic mass is 32.1. The summed E-state index contributed by atoms with van der Waals surface area (Å²) in [7, 11) is 1.65. The lowest BCUT2D eigenvalue weighted by molar-refractivity contribution is 0.0933. The molecule has 3 heterocycles. The minimum Gasteiger partial charge on any atom is -0.377 e. The number of methoxy groups -OCH3 is 1. The molecule has 8 heteroatoms. The lowest BCUT2D eigenvalue weighted by Gasteiger charge is -2.16. The molecule has 1 unspecified atom stereocenters. The van der Waals surface area contributed by atoms with Gasteiger partial charge in [0, 0.05) is 31.7 Å². The number of nitrogens with zero attached hydrogens (tertiary/aromatic N) is 4. The summed E-state index contributed by atoms with van der Waals surface area (Å²) in [6.07, 6.45) is 2.52. The molecule has 0 aliphatic carbocycles. The molecule has 0 bridgehead atoms. The number of carbonyl (C=O) groups excluding carboxylic acids is 1. The summed E-state index contributed by atoms with van der Waals surface area (Å²) < 4.78 is 8.32. The van der Waals surface area contributed by atoms with Gasteiger partial charge in [-0.25, -0.2) is 4.98 Å². The first-order valence-corrected chi connectivity index (χ1v) is 9.16. The second kappa shape index (κ2) is 6.89. The summed E-state index contributed by atoms with van der Waals surface area (Å²) in [5, 5.41) is 11.6. The first-order chi connectivity index (χ1) is 12.2. The van der Waals surface area contributed by atoms with E-state index in [1.165, 1.54) is 0 Å². The molecule has 0 saturated carbocycles. The molecule has 3 aromatic rings. The Morgan fingerprint density at radius 3 is 3.20 bits per heavy atom. The van der Waals surface area contributed by atoms with Crippen LogP contribution in [0.3, 0.4) is 0 Å². The predicted molar refractivity (Wildman–Crippen MR) is 94.5 cm³/mol. The van der Waals surface area contributed by atoms with Gasteiger partial charge in [0.1, 0.15) is 12.4 Å². The fourth-order valence-corrected chi connectivity index (χ4v) is 3.91. The van der Waals surface area contributed by atoms with E-state index in [4.69, 9.17) is 4.74 Å². The quantitative estimate of drug-likeness (QED) is 0.774. The summed E-state index contributed by atoms with van der Waals surface area (Å²) in [5.41, 5.74) is 3.41. The Kier molecular flexibility index (Phi) is 4.46. The van der Waals surface area contributed by atoms with E-state index in [0.29, 0.717) is 12.2 Å². The Hall–Kier alpha value is -2.32. The zero-order chi connectivity index (χ0) is 17.2. The number of fused-ring (bicyclic) bond motifs is 2. The van der Waals surface area contributed by atoms with E-state index in [9.17, 15) is 4.79 Å². The van der Waals surface area contributed by atoms with Crippen LogP contribution in [0.2, 0.25) is 0 Å². The van der Waals surface area contributed by atoms with Gasteiger partial charge >= 0.3 is 0 Å². The molecule has 0 radical (unpaired) electrons. The summed E-state index contributed by atoms with van der Waals surface area (Å²) in [4.78, 5) is 16.8. The van der Waals surface area contributed by atoms with Crippen molar-refractivity contribution in [2.24, 2.45) is 0 Å². The van der Waals surface area contributed by atoms with Crippen molar-refractivity contribution in [1.29, 1.82) is 0 Å². The van der Waals surface area contributed by atoms with Gasteiger partial charge in [0.05, 0.1) is 15.7 Å². The summed E-state index contributed by atoms with van der Waals surface area (Å²) >= 11 is 1.55. The fraction of sp³-hybridized carbons (Fsp3) is 0.412. The minimum atomic E-state index is -0.0323. The second-order valence-corrected chi connectivity index (χ2v) is 7.04. The second-order valence-electron chi connectivity index (χ2n) is 6.15. The Morgan fingerprint density at radius 2 is 2.32 bits per heavy atom. The molecule has 1 aliphatic heterocycles. The molecule has 25 heavy (non-hydrogen) atoms. The molecule has 0 fully saturated rings. The van der Waals surface area contributed by atoms with Crippen molar-refractivity contribution in [3.63, 3.8) is 0 Å². The number of ether oxygens (including phenoxy) is 1. The molecule has 2 aromatic heterocycles. The van der Waals surface area contributed by atoms with Crippen molar-refractivity contribution < 1.29 is 9.53 Å². The SMILES string of the molecule is COCc1nnc2n1CCC(NC(=O)c1ccc3ncsc3c1)CC2. The van der Waals surface area contributed by atoms with Crippen LogP contribution in [-0.2, 0) is 24.3 Å². The molecule has 7 nitrogen and oxygen atoms in total. The van der Waals surface area contributed by atoms with Crippen molar-refractivity contribution in [3.8, 4) is 0 Å². The van der Waals surface area contributed by atoms with Crippen molar-refractivity contribution in [2.75, 3.05) is 7.11 Å². The fourth-order valence-electron chi connectivity index (χ4n) is 3.19. The van der Waals surface area contributed by atoms with Gasteiger partial charge in [-0.2, -0.15) is 0 Å². The lowest BCUT2D eigenvalue weighted by Crippen LogP contribution is -2.35. The predicted octanol–water partition coefficient (Wildman–Crippen LogP) is 2.17. The number of carbonyl (C=O) groups is 1.